The molecule has 1 saturated heterocycles. The summed E-state index contributed by atoms with van der Waals surface area (Å²) in [6.45, 7) is 0.884. The zero-order valence-corrected chi connectivity index (χ0v) is 11.4. The summed E-state index contributed by atoms with van der Waals surface area (Å²) in [7, 11) is -3.58. The molecule has 0 spiro atoms. The predicted molar refractivity (Wildman–Crippen MR) is 72.1 cm³/mol. The number of nitrogens with one attached hydrogen (secondary N) is 1. The minimum atomic E-state index is -3.58. The fraction of sp³-hybridized carbons (Fsp3) is 0.417. The monoisotopic (exact) mass is 285 g/mol. The molecule has 1 heterocycles. The van der Waals surface area contributed by atoms with Crippen LogP contribution >= 0.6 is 11.8 Å². The van der Waals surface area contributed by atoms with E-state index in [1.54, 1.807) is 18.2 Å². The van der Waals surface area contributed by atoms with Crippen molar-refractivity contribution in [3.8, 4) is 0 Å². The van der Waals surface area contributed by atoms with Crippen LogP contribution in [0, 0.1) is 0 Å². The number of thioether (sulfide) groups is 1. The number of hydrogen-bond acceptors (Lipinski definition) is 5. The second-order valence-corrected chi connectivity index (χ2v) is 7.80. The second kappa shape index (κ2) is 5.86. The van der Waals surface area contributed by atoms with Gasteiger partial charge in [-0.3, -0.25) is 0 Å². The maximum Gasteiger partial charge on any atom is 0.197 e. The van der Waals surface area contributed by atoms with Gasteiger partial charge in [-0.25, -0.2) is 8.42 Å². The molecule has 0 bridgehead atoms. The molecule has 2 atom stereocenters. The van der Waals surface area contributed by atoms with E-state index in [2.05, 4.69) is 5.32 Å². The van der Waals surface area contributed by atoms with Crippen molar-refractivity contribution in [1.82, 2.24) is 5.32 Å². The van der Waals surface area contributed by atoms with Gasteiger partial charge in [-0.05, 0) is 31.5 Å². The van der Waals surface area contributed by atoms with Crippen LogP contribution in [0.4, 0.5) is 0 Å². The number of carbonyl (C=O) groups excluding carboxylic acids is 1. The molecule has 1 N–H and O–H groups in total. The van der Waals surface area contributed by atoms with Crippen LogP contribution in [0.1, 0.15) is 12.8 Å². The van der Waals surface area contributed by atoms with E-state index < -0.39 is 14.4 Å². The van der Waals surface area contributed by atoms with Crippen molar-refractivity contribution in [3.05, 3.63) is 30.3 Å². The molecule has 1 aromatic rings. The highest BCUT2D eigenvalue weighted by atomic mass is 32.3. The quantitative estimate of drug-likeness (QED) is 0.829. The van der Waals surface area contributed by atoms with Crippen molar-refractivity contribution in [1.29, 1.82) is 0 Å². The van der Waals surface area contributed by atoms with Gasteiger partial charge in [0.2, 0.25) is 0 Å². The number of aldehydes is 1. The highest BCUT2D eigenvalue weighted by molar-refractivity contribution is 8.14. The van der Waals surface area contributed by atoms with Gasteiger partial charge < -0.3 is 10.1 Å². The van der Waals surface area contributed by atoms with Crippen molar-refractivity contribution in [2.75, 3.05) is 6.54 Å². The SMILES string of the molecule is O=CC(SC1CCCN1)S(=O)(=O)c1ccccc1. The Hall–Kier alpha value is -0.850. The first-order valence-corrected chi connectivity index (χ1v) is 8.26. The molecule has 2 rings (SSSR count). The van der Waals surface area contributed by atoms with E-state index in [1.165, 1.54) is 23.9 Å². The van der Waals surface area contributed by atoms with Crippen LogP contribution in [0.5, 0.6) is 0 Å². The smallest absolute Gasteiger partial charge is 0.197 e. The van der Waals surface area contributed by atoms with Gasteiger partial charge in [-0.15, -0.1) is 11.8 Å². The van der Waals surface area contributed by atoms with Crippen molar-refractivity contribution in [2.24, 2.45) is 0 Å². The summed E-state index contributed by atoms with van der Waals surface area (Å²) in [6.07, 6.45) is 2.45. The Bertz CT molecular complexity index is 495. The van der Waals surface area contributed by atoms with Gasteiger partial charge in [-0.1, -0.05) is 18.2 Å². The molecule has 1 fully saturated rings. The van der Waals surface area contributed by atoms with Crippen LogP contribution in [0.25, 0.3) is 0 Å². The number of carbonyl (C=O) groups is 1. The third-order valence-electron chi connectivity index (χ3n) is 2.80. The molecule has 1 aromatic carbocycles. The predicted octanol–water partition coefficient (Wildman–Crippen LogP) is 1.43. The van der Waals surface area contributed by atoms with Crippen LogP contribution in [0.3, 0.4) is 0 Å². The van der Waals surface area contributed by atoms with E-state index >= 15 is 0 Å². The summed E-state index contributed by atoms with van der Waals surface area (Å²) in [5.74, 6) is 0. The van der Waals surface area contributed by atoms with E-state index in [4.69, 9.17) is 0 Å². The fourth-order valence-corrected chi connectivity index (χ4v) is 5.03. The average molecular weight is 285 g/mol. The maximum atomic E-state index is 12.3. The highest BCUT2D eigenvalue weighted by Crippen LogP contribution is 2.29. The van der Waals surface area contributed by atoms with Crippen molar-refractivity contribution < 1.29 is 13.2 Å². The molecule has 1 aliphatic heterocycles. The van der Waals surface area contributed by atoms with Gasteiger partial charge in [0, 0.05) is 0 Å². The third kappa shape index (κ3) is 2.93. The van der Waals surface area contributed by atoms with Gasteiger partial charge in [-0.2, -0.15) is 0 Å². The summed E-state index contributed by atoms with van der Waals surface area (Å²) in [5.41, 5.74) is 0. The number of sulfone groups is 1. The van der Waals surface area contributed by atoms with Crippen LogP contribution in [-0.4, -0.2) is 31.2 Å². The number of benzene rings is 1. The molecule has 0 aliphatic carbocycles. The Kier molecular flexibility index (Phi) is 4.42. The lowest BCUT2D eigenvalue weighted by molar-refractivity contribution is -0.106. The van der Waals surface area contributed by atoms with Gasteiger partial charge in [0.05, 0.1) is 10.3 Å². The van der Waals surface area contributed by atoms with Gasteiger partial charge in [0.1, 0.15) is 6.29 Å². The minimum absolute atomic E-state index is 0.0543. The molecule has 0 saturated carbocycles. The molecule has 4 nitrogen and oxygen atoms in total. The second-order valence-electron chi connectivity index (χ2n) is 4.08. The van der Waals surface area contributed by atoms with E-state index in [9.17, 15) is 13.2 Å². The lowest BCUT2D eigenvalue weighted by Gasteiger charge is -2.16. The van der Waals surface area contributed by atoms with E-state index in [0.717, 1.165) is 19.4 Å². The summed E-state index contributed by atoms with van der Waals surface area (Å²) >= 11 is 1.19. The molecular formula is C12H15NO3S2. The van der Waals surface area contributed by atoms with Crippen LogP contribution in [0.2, 0.25) is 0 Å². The topological polar surface area (TPSA) is 63.2 Å². The van der Waals surface area contributed by atoms with Crippen LogP contribution in [0.15, 0.2) is 35.2 Å². The molecule has 0 aromatic heterocycles. The summed E-state index contributed by atoms with van der Waals surface area (Å²) in [5, 5.41) is 3.24. The first kappa shape index (κ1) is 13.6. The zero-order chi connectivity index (χ0) is 13.0. The Balaban J connectivity index is 2.18. The summed E-state index contributed by atoms with van der Waals surface area (Å²) in [6, 6.07) is 8.12. The Labute approximate surface area is 111 Å². The Morgan fingerprint density at radius 3 is 2.61 bits per heavy atom. The van der Waals surface area contributed by atoms with E-state index in [-0.39, 0.29) is 10.3 Å². The van der Waals surface area contributed by atoms with Crippen molar-refractivity contribution >= 4 is 27.9 Å². The molecule has 0 amide bonds. The molecule has 0 radical (unpaired) electrons. The minimum Gasteiger partial charge on any atom is -0.305 e. The number of hydrogen-bond donors (Lipinski definition) is 1. The average Bonchev–Trinajstić information content (AvgIpc) is 2.89. The largest absolute Gasteiger partial charge is 0.305 e. The fourth-order valence-electron chi connectivity index (χ4n) is 1.85. The molecule has 6 heteroatoms. The summed E-state index contributed by atoms with van der Waals surface area (Å²) in [4.78, 5) is 11.3. The molecular weight excluding hydrogens is 270 g/mol. The number of rotatable bonds is 5. The lowest BCUT2D eigenvalue weighted by Crippen LogP contribution is -2.27. The molecule has 1 aliphatic rings. The Morgan fingerprint density at radius 2 is 2.06 bits per heavy atom. The van der Waals surface area contributed by atoms with Gasteiger partial charge >= 0.3 is 0 Å². The standard InChI is InChI=1S/C12H15NO3S2/c14-9-12(17-11-7-4-8-13-11)18(15,16)10-5-2-1-3-6-10/h1-3,5-6,9,11-13H,4,7-8H2. The highest BCUT2D eigenvalue weighted by Gasteiger charge is 2.31. The van der Waals surface area contributed by atoms with E-state index in [1.807, 2.05) is 0 Å². The van der Waals surface area contributed by atoms with Crippen LogP contribution < -0.4 is 5.32 Å². The zero-order valence-electron chi connectivity index (χ0n) is 9.78. The lowest BCUT2D eigenvalue weighted by atomic mass is 10.4. The normalized spacial score (nSPS) is 21.7. The van der Waals surface area contributed by atoms with Crippen LogP contribution in [-0.2, 0) is 14.6 Å². The van der Waals surface area contributed by atoms with Gasteiger partial charge in [0.25, 0.3) is 0 Å². The van der Waals surface area contributed by atoms with Gasteiger partial charge in [0.15, 0.2) is 14.4 Å². The van der Waals surface area contributed by atoms with Crippen molar-refractivity contribution in [3.63, 3.8) is 0 Å². The first-order valence-electron chi connectivity index (χ1n) is 5.77. The molecule has 98 valence electrons. The van der Waals surface area contributed by atoms with E-state index in [0.29, 0.717) is 6.29 Å². The first-order chi connectivity index (χ1) is 8.64. The van der Waals surface area contributed by atoms with Crippen molar-refractivity contribution in [2.45, 2.75) is 27.7 Å². The third-order valence-corrected chi connectivity index (χ3v) is 6.66. The molecule has 18 heavy (non-hydrogen) atoms. The molecule has 2 unspecified atom stereocenters. The maximum absolute atomic E-state index is 12.3. The summed E-state index contributed by atoms with van der Waals surface area (Å²) < 4.78 is 23.5. The Morgan fingerprint density at radius 1 is 1.33 bits per heavy atom.